The van der Waals surface area contributed by atoms with Crippen molar-refractivity contribution in [3.8, 4) is 11.5 Å². The van der Waals surface area contributed by atoms with Crippen LogP contribution in [0.4, 0.5) is 0 Å². The van der Waals surface area contributed by atoms with Crippen LogP contribution in [-0.4, -0.2) is 36.1 Å². The van der Waals surface area contributed by atoms with Gasteiger partial charge in [-0.1, -0.05) is 12.1 Å². The van der Waals surface area contributed by atoms with Gasteiger partial charge >= 0.3 is 0 Å². The van der Waals surface area contributed by atoms with Crippen LogP contribution in [0.1, 0.15) is 12.8 Å². The zero-order valence-corrected chi connectivity index (χ0v) is 10.4. The van der Waals surface area contributed by atoms with Crippen molar-refractivity contribution in [2.24, 2.45) is 0 Å². The number of amides is 2. The van der Waals surface area contributed by atoms with Crippen molar-refractivity contribution in [2.75, 3.05) is 13.2 Å². The number of nitrogens with one attached hydrogen (secondary N) is 2. The van der Waals surface area contributed by atoms with Crippen LogP contribution in [0.3, 0.4) is 0 Å². The molecule has 0 aliphatic carbocycles. The number of carbonyl (C=O) groups is 2. The summed E-state index contributed by atoms with van der Waals surface area (Å²) < 4.78 is 5.21. The number of phenolic OH excluding ortho intramolecular Hbond substituents is 1. The number of phenols is 1. The van der Waals surface area contributed by atoms with Crippen LogP contribution < -0.4 is 15.4 Å². The van der Waals surface area contributed by atoms with Crippen LogP contribution in [0.15, 0.2) is 24.3 Å². The van der Waals surface area contributed by atoms with Crippen molar-refractivity contribution in [3.63, 3.8) is 0 Å². The van der Waals surface area contributed by atoms with Crippen molar-refractivity contribution in [3.05, 3.63) is 24.3 Å². The molecule has 1 unspecified atom stereocenters. The molecule has 0 aromatic heterocycles. The Bertz CT molecular complexity index is 465. The number of hydrogen-bond donors (Lipinski definition) is 3. The minimum absolute atomic E-state index is 0.000213. The first kappa shape index (κ1) is 13.2. The molecular weight excluding hydrogens is 248 g/mol. The van der Waals surface area contributed by atoms with Gasteiger partial charge in [0.05, 0.1) is 0 Å². The van der Waals surface area contributed by atoms with Gasteiger partial charge in [-0.05, 0) is 18.6 Å². The van der Waals surface area contributed by atoms with E-state index in [1.807, 2.05) is 0 Å². The van der Waals surface area contributed by atoms with E-state index in [9.17, 15) is 14.7 Å². The van der Waals surface area contributed by atoms with Crippen molar-refractivity contribution in [1.29, 1.82) is 0 Å². The van der Waals surface area contributed by atoms with Gasteiger partial charge in [-0.15, -0.1) is 0 Å². The Balaban J connectivity index is 1.76. The maximum Gasteiger partial charge on any atom is 0.258 e. The quantitative estimate of drug-likeness (QED) is 0.723. The third-order valence-corrected chi connectivity index (χ3v) is 2.85. The zero-order chi connectivity index (χ0) is 13.7. The molecule has 2 amide bonds. The Morgan fingerprint density at radius 2 is 2.26 bits per heavy atom. The minimum atomic E-state index is -0.274. The lowest BCUT2D eigenvalue weighted by Gasteiger charge is -2.23. The molecule has 1 fully saturated rings. The number of hydrogen-bond acceptors (Lipinski definition) is 4. The molecule has 6 heteroatoms. The number of aromatic hydroxyl groups is 1. The third-order valence-electron chi connectivity index (χ3n) is 2.85. The molecule has 6 nitrogen and oxygen atoms in total. The standard InChI is InChI=1S/C13H16N2O4/c16-10-3-1-2-4-11(10)19-8-13(18)15-9-5-6-12(17)14-7-9/h1-4,9,16H,5-8H2,(H,14,17)(H,15,18). The topological polar surface area (TPSA) is 87.7 Å². The van der Waals surface area contributed by atoms with E-state index in [2.05, 4.69) is 10.6 Å². The second-order valence-corrected chi connectivity index (χ2v) is 4.36. The molecule has 2 rings (SSSR count). The zero-order valence-electron chi connectivity index (χ0n) is 10.4. The normalized spacial score (nSPS) is 18.5. The summed E-state index contributed by atoms with van der Waals surface area (Å²) >= 11 is 0. The number of rotatable bonds is 4. The molecular formula is C13H16N2O4. The summed E-state index contributed by atoms with van der Waals surface area (Å²) in [5.74, 6) is 0.00943. The van der Waals surface area contributed by atoms with E-state index in [4.69, 9.17) is 4.74 Å². The first-order valence-electron chi connectivity index (χ1n) is 6.12. The van der Waals surface area contributed by atoms with E-state index < -0.39 is 0 Å². The van der Waals surface area contributed by atoms with E-state index in [-0.39, 0.29) is 36.0 Å². The van der Waals surface area contributed by atoms with Gasteiger partial charge in [-0.2, -0.15) is 0 Å². The van der Waals surface area contributed by atoms with Crippen molar-refractivity contribution < 1.29 is 19.4 Å². The second kappa shape index (κ2) is 6.08. The molecule has 1 aliphatic rings. The number of carbonyl (C=O) groups excluding carboxylic acids is 2. The fourth-order valence-corrected chi connectivity index (χ4v) is 1.85. The number of benzene rings is 1. The molecule has 1 aromatic carbocycles. The predicted molar refractivity (Wildman–Crippen MR) is 67.8 cm³/mol. The SMILES string of the molecule is O=C1CCC(NC(=O)COc2ccccc2O)CN1. The molecule has 3 N–H and O–H groups in total. The van der Waals surface area contributed by atoms with Gasteiger partial charge in [0.1, 0.15) is 0 Å². The summed E-state index contributed by atoms with van der Waals surface area (Å²) in [5.41, 5.74) is 0. The lowest BCUT2D eigenvalue weighted by atomic mass is 10.1. The number of ether oxygens (including phenoxy) is 1. The van der Waals surface area contributed by atoms with Crippen molar-refractivity contribution in [2.45, 2.75) is 18.9 Å². The molecule has 1 saturated heterocycles. The Morgan fingerprint density at radius 3 is 2.95 bits per heavy atom. The molecule has 0 bridgehead atoms. The maximum atomic E-state index is 11.6. The summed E-state index contributed by atoms with van der Waals surface area (Å²) in [6, 6.07) is 6.40. The maximum absolute atomic E-state index is 11.6. The highest BCUT2D eigenvalue weighted by molar-refractivity contribution is 5.79. The van der Waals surface area contributed by atoms with Gasteiger partial charge in [0.25, 0.3) is 5.91 Å². The van der Waals surface area contributed by atoms with Gasteiger partial charge in [0.15, 0.2) is 18.1 Å². The van der Waals surface area contributed by atoms with E-state index in [1.165, 1.54) is 6.07 Å². The Hall–Kier alpha value is -2.24. The van der Waals surface area contributed by atoms with Gasteiger partial charge in [0.2, 0.25) is 5.91 Å². The molecule has 0 radical (unpaired) electrons. The van der Waals surface area contributed by atoms with Gasteiger partial charge in [-0.3, -0.25) is 9.59 Å². The highest BCUT2D eigenvalue weighted by Gasteiger charge is 2.19. The monoisotopic (exact) mass is 264 g/mol. The first-order valence-corrected chi connectivity index (χ1v) is 6.12. The van der Waals surface area contributed by atoms with Crippen LogP contribution in [0, 0.1) is 0 Å². The summed E-state index contributed by atoms with van der Waals surface area (Å²) in [7, 11) is 0. The van der Waals surface area contributed by atoms with Gasteiger partial charge in [0, 0.05) is 19.0 Å². The summed E-state index contributed by atoms with van der Waals surface area (Å²) in [6.07, 6.45) is 1.05. The Labute approximate surface area is 110 Å². The molecule has 1 heterocycles. The van der Waals surface area contributed by atoms with E-state index in [0.717, 1.165) is 0 Å². The highest BCUT2D eigenvalue weighted by Crippen LogP contribution is 2.23. The molecule has 0 spiro atoms. The Kier molecular flexibility index (Phi) is 4.22. The molecule has 1 aromatic rings. The molecule has 19 heavy (non-hydrogen) atoms. The first-order chi connectivity index (χ1) is 9.15. The number of piperidine rings is 1. The van der Waals surface area contributed by atoms with E-state index in [1.54, 1.807) is 18.2 Å². The average molecular weight is 264 g/mol. The summed E-state index contributed by atoms with van der Waals surface area (Å²) in [6.45, 7) is 0.281. The van der Waals surface area contributed by atoms with Crippen LogP contribution in [0.5, 0.6) is 11.5 Å². The largest absolute Gasteiger partial charge is 0.504 e. The van der Waals surface area contributed by atoms with Crippen LogP contribution in [0.25, 0.3) is 0 Å². The summed E-state index contributed by atoms with van der Waals surface area (Å²) in [5, 5.41) is 14.9. The van der Waals surface area contributed by atoms with Gasteiger partial charge in [-0.25, -0.2) is 0 Å². The Morgan fingerprint density at radius 1 is 1.47 bits per heavy atom. The van der Waals surface area contributed by atoms with E-state index in [0.29, 0.717) is 19.4 Å². The minimum Gasteiger partial charge on any atom is -0.504 e. The van der Waals surface area contributed by atoms with Crippen molar-refractivity contribution >= 4 is 11.8 Å². The van der Waals surface area contributed by atoms with E-state index >= 15 is 0 Å². The molecule has 1 aliphatic heterocycles. The average Bonchev–Trinajstić information content (AvgIpc) is 2.40. The molecule has 1 atom stereocenters. The van der Waals surface area contributed by atoms with Crippen LogP contribution in [-0.2, 0) is 9.59 Å². The summed E-state index contributed by atoms with van der Waals surface area (Å²) in [4.78, 5) is 22.6. The lowest BCUT2D eigenvalue weighted by Crippen LogP contribution is -2.48. The van der Waals surface area contributed by atoms with Crippen LogP contribution in [0.2, 0.25) is 0 Å². The fourth-order valence-electron chi connectivity index (χ4n) is 1.85. The molecule has 102 valence electrons. The van der Waals surface area contributed by atoms with Crippen LogP contribution >= 0.6 is 0 Å². The predicted octanol–water partition coefficient (Wildman–Crippen LogP) is 0.166. The number of para-hydroxylation sites is 2. The lowest BCUT2D eigenvalue weighted by molar-refractivity contribution is -0.126. The second-order valence-electron chi connectivity index (χ2n) is 4.36. The fraction of sp³-hybridized carbons (Fsp3) is 0.385. The highest BCUT2D eigenvalue weighted by atomic mass is 16.5. The third kappa shape index (κ3) is 3.87. The molecule has 0 saturated carbocycles. The smallest absolute Gasteiger partial charge is 0.258 e. The van der Waals surface area contributed by atoms with Crippen molar-refractivity contribution in [1.82, 2.24) is 10.6 Å². The van der Waals surface area contributed by atoms with Gasteiger partial charge < -0.3 is 20.5 Å².